The maximum atomic E-state index is 15.2. The van der Waals surface area contributed by atoms with Crippen LogP contribution in [0.3, 0.4) is 0 Å². The lowest BCUT2D eigenvalue weighted by molar-refractivity contribution is -0.319. The molecule has 19 heteroatoms. The Kier molecular flexibility index (Phi) is 23.7. The van der Waals surface area contributed by atoms with E-state index in [0.29, 0.717) is 11.3 Å². The zero-order valence-corrected chi connectivity index (χ0v) is 54.8. The summed E-state index contributed by atoms with van der Waals surface area (Å²) in [6.45, 7) is 17.2. The maximum Gasteiger partial charge on any atom is 0.509 e. The number of hydrogen-bond acceptors (Lipinski definition) is 18. The van der Waals surface area contributed by atoms with E-state index >= 15 is 4.79 Å². The van der Waals surface area contributed by atoms with Crippen molar-refractivity contribution in [2.75, 3.05) is 21.3 Å². The van der Waals surface area contributed by atoms with Crippen LogP contribution in [0.4, 0.5) is 9.59 Å². The van der Waals surface area contributed by atoms with Crippen molar-refractivity contribution in [1.82, 2.24) is 4.90 Å². The number of amides is 1. The third kappa shape index (κ3) is 16.0. The van der Waals surface area contributed by atoms with Crippen molar-refractivity contribution in [3.63, 3.8) is 0 Å². The van der Waals surface area contributed by atoms with E-state index in [1.165, 1.54) is 26.0 Å². The van der Waals surface area contributed by atoms with Crippen molar-refractivity contribution in [3.05, 3.63) is 179 Å². The van der Waals surface area contributed by atoms with Gasteiger partial charge in [-0.1, -0.05) is 185 Å². The highest BCUT2D eigenvalue weighted by Crippen LogP contribution is 2.45. The largest absolute Gasteiger partial charge is 0.509 e. The smallest absolute Gasteiger partial charge is 0.459 e. The highest BCUT2D eigenvalue weighted by Gasteiger charge is 2.55. The van der Waals surface area contributed by atoms with E-state index in [1.807, 2.05) is 167 Å². The van der Waals surface area contributed by atoms with Crippen LogP contribution in [-0.4, -0.2) is 150 Å². The fourth-order valence-electron chi connectivity index (χ4n) is 13.4. The predicted molar refractivity (Wildman–Crippen MR) is 340 cm³/mol. The molecule has 0 saturated carbocycles. The SMILES string of the molecule is CC[C@H]1OC(=O)[C@H](C)[C@@H](O[C@H]2C[C@@](C)(OC)[C@@H](O)[C@H](C)O2)[C@H](C)[C@@H](O[C@@H]2O[C@H](C)C[C@H](N(C)C(=O)OCc3ccccc3)[C@H]2OC(=O)OCc2ccccc2)[C@](C)(OC)C[C@@H](C)/C(=N\OC(c2ccccc2)(c2ccccc2)c2ccccc2)[C@H](C)[C@@H](O)[C@]1(C)O. The zero-order chi connectivity index (χ0) is 65.8. The Bertz CT molecular complexity index is 3030. The lowest BCUT2D eigenvalue weighted by atomic mass is 9.73. The van der Waals surface area contributed by atoms with Gasteiger partial charge in [0, 0.05) is 62.1 Å². The van der Waals surface area contributed by atoms with Gasteiger partial charge in [0.25, 0.3) is 0 Å². The maximum absolute atomic E-state index is 15.2. The predicted octanol–water partition coefficient (Wildman–Crippen LogP) is 11.3. The molecule has 5 aromatic carbocycles. The van der Waals surface area contributed by atoms with Gasteiger partial charge in [-0.2, -0.15) is 0 Å². The number of hydrogen-bond donors (Lipinski definition) is 3. The van der Waals surface area contributed by atoms with Gasteiger partial charge in [-0.3, -0.25) is 4.79 Å². The molecule has 3 aliphatic heterocycles. The Labute approximate surface area is 536 Å². The van der Waals surface area contributed by atoms with Gasteiger partial charge in [0.05, 0.1) is 59.4 Å². The first-order valence-corrected chi connectivity index (χ1v) is 31.7. The number of aliphatic hydroxyl groups is 3. The summed E-state index contributed by atoms with van der Waals surface area (Å²) in [4.78, 5) is 52.3. The van der Waals surface area contributed by atoms with Crippen LogP contribution in [0.1, 0.15) is 123 Å². The fraction of sp³-hybridized carbons (Fsp3) is 0.528. The molecule has 0 bridgehead atoms. The van der Waals surface area contributed by atoms with Gasteiger partial charge >= 0.3 is 18.2 Å². The molecular weight excluding hydrogens is 1160 g/mol. The van der Waals surface area contributed by atoms with Crippen LogP contribution in [0, 0.1) is 23.7 Å². The number of rotatable bonds is 18. The van der Waals surface area contributed by atoms with Crippen molar-refractivity contribution in [2.45, 2.75) is 198 Å². The van der Waals surface area contributed by atoms with Gasteiger partial charge in [-0.15, -0.1) is 0 Å². The van der Waals surface area contributed by atoms with Gasteiger partial charge < -0.3 is 72.4 Å². The normalized spacial score (nSPS) is 33.2. The Morgan fingerprint density at radius 2 is 1.16 bits per heavy atom. The number of carbonyl (C=O) groups is 3. The first kappa shape index (κ1) is 70.1. The molecule has 3 heterocycles. The molecule has 0 unspecified atom stereocenters. The molecule has 3 fully saturated rings. The number of esters is 1. The molecule has 3 N–H and O–H groups in total. The third-order valence-corrected chi connectivity index (χ3v) is 18.9. The molecule has 0 aromatic heterocycles. The number of oxime groups is 1. The molecule has 0 aliphatic carbocycles. The highest BCUT2D eigenvalue weighted by molar-refractivity contribution is 5.89. The summed E-state index contributed by atoms with van der Waals surface area (Å²) in [5.41, 5.74) is -2.14. The number of likely N-dealkylation sites (N-methyl/N-ethyl adjacent to an activating group) is 1. The van der Waals surface area contributed by atoms with Crippen molar-refractivity contribution in [2.24, 2.45) is 28.8 Å². The molecule has 18 atom stereocenters. The van der Waals surface area contributed by atoms with Crippen LogP contribution in [0.15, 0.2) is 157 Å². The number of benzene rings is 5. The monoisotopic (exact) mass is 1260 g/mol. The first-order chi connectivity index (χ1) is 43.4. The molecule has 5 aromatic rings. The average Bonchev–Trinajstić information content (AvgIpc) is 0.778. The third-order valence-electron chi connectivity index (χ3n) is 18.9. The second-order valence-corrected chi connectivity index (χ2v) is 25.4. The van der Waals surface area contributed by atoms with Crippen molar-refractivity contribution in [3.8, 4) is 0 Å². The quantitative estimate of drug-likeness (QED) is 0.0321. The summed E-state index contributed by atoms with van der Waals surface area (Å²) in [7, 11) is 4.57. The molecule has 0 radical (unpaired) electrons. The summed E-state index contributed by atoms with van der Waals surface area (Å²) in [5, 5.41) is 42.2. The Hall–Kier alpha value is -6.78. The Morgan fingerprint density at radius 3 is 1.67 bits per heavy atom. The first-order valence-electron chi connectivity index (χ1n) is 31.7. The second-order valence-electron chi connectivity index (χ2n) is 25.4. The minimum absolute atomic E-state index is 0.0232. The van der Waals surface area contributed by atoms with E-state index in [1.54, 1.807) is 53.8 Å². The van der Waals surface area contributed by atoms with E-state index in [4.69, 9.17) is 57.4 Å². The number of cyclic esters (lactones) is 1. The van der Waals surface area contributed by atoms with Crippen LogP contribution < -0.4 is 0 Å². The molecule has 91 heavy (non-hydrogen) atoms. The van der Waals surface area contributed by atoms with E-state index in [-0.39, 0.29) is 38.9 Å². The van der Waals surface area contributed by atoms with E-state index in [9.17, 15) is 24.9 Å². The lowest BCUT2D eigenvalue weighted by Gasteiger charge is -2.50. The summed E-state index contributed by atoms with van der Waals surface area (Å²) in [6, 6.07) is 46.5. The van der Waals surface area contributed by atoms with Crippen molar-refractivity contribution in [1.29, 1.82) is 0 Å². The summed E-state index contributed by atoms with van der Waals surface area (Å²) in [5.74, 6) is -4.66. The molecular formula is C72H94N2O17. The van der Waals surface area contributed by atoms with Crippen molar-refractivity contribution >= 4 is 23.9 Å². The van der Waals surface area contributed by atoms with Gasteiger partial charge in [0.1, 0.15) is 31.0 Å². The molecule has 0 spiro atoms. The minimum Gasteiger partial charge on any atom is -0.459 e. The molecule has 8 rings (SSSR count). The summed E-state index contributed by atoms with van der Waals surface area (Å²) in [6.07, 6.45) is -13.4. The molecule has 19 nitrogen and oxygen atoms in total. The number of methoxy groups -OCH3 is 2. The van der Waals surface area contributed by atoms with Gasteiger partial charge in [0.2, 0.25) is 5.60 Å². The van der Waals surface area contributed by atoms with Crippen LogP contribution in [-0.2, 0) is 75.8 Å². The second kappa shape index (κ2) is 30.8. The fourth-order valence-corrected chi connectivity index (χ4v) is 13.4. The number of nitrogens with zero attached hydrogens (tertiary/aromatic N) is 2. The number of carbonyl (C=O) groups excluding carboxylic acids is 3. The van der Waals surface area contributed by atoms with Crippen LogP contribution in [0.2, 0.25) is 0 Å². The summed E-state index contributed by atoms with van der Waals surface area (Å²) < 4.78 is 64.9. The number of aliphatic hydroxyl groups excluding tert-OH is 2. The average molecular weight is 1260 g/mol. The van der Waals surface area contributed by atoms with E-state index in [0.717, 1.165) is 22.3 Å². The number of ether oxygens (including phenoxy) is 10. The summed E-state index contributed by atoms with van der Waals surface area (Å²) >= 11 is 0. The topological polar surface area (TPSA) is 229 Å². The Balaban J connectivity index is 1.30. The van der Waals surface area contributed by atoms with Crippen LogP contribution >= 0.6 is 0 Å². The van der Waals surface area contributed by atoms with Crippen LogP contribution in [0.5, 0.6) is 0 Å². The lowest BCUT2D eigenvalue weighted by Crippen LogP contribution is -2.62. The minimum atomic E-state index is -2.09. The van der Waals surface area contributed by atoms with E-state index in [2.05, 4.69) is 0 Å². The van der Waals surface area contributed by atoms with Crippen LogP contribution in [0.25, 0.3) is 0 Å². The van der Waals surface area contributed by atoms with Crippen molar-refractivity contribution < 1.29 is 81.9 Å². The molecule has 3 aliphatic rings. The zero-order valence-electron chi connectivity index (χ0n) is 54.8. The standard InChI is InChI=1S/C72H94N2O17/c1-14-57-71(10,80)62(75)47(4)59(73-91-72(53-34-24-17-25-35-53,54-36-26-18-27-37-54)55-38-28-19-29-39-55)45(2)41-70(9,82-13)64(48(5)60(49(6)65(77)87-57)88-58-42-69(8,81-12)63(76)50(7)86-58)90-66-61(89-68(79)84-44-52-32-22-16-23-33-52)56(40-46(3)85-66)74(11)67(78)83-43-51-30-20-15-21-31-51/h15-39,45-50,56-58,60-64,66,75-76,80H,14,40-44H2,1-13H3/b73-59+/t45-,46-,47+,48+,49-,50+,56+,57-,58+,60+,61-,62-,63+,64-,66+,69-,70-,71-/m1/s1. The highest BCUT2D eigenvalue weighted by atomic mass is 16.8. The molecule has 1 amide bonds. The van der Waals surface area contributed by atoms with Gasteiger partial charge in [-0.25, -0.2) is 9.59 Å². The van der Waals surface area contributed by atoms with Gasteiger partial charge in [-0.05, 0) is 71.9 Å². The Morgan fingerprint density at radius 1 is 0.659 bits per heavy atom. The molecule has 494 valence electrons. The van der Waals surface area contributed by atoms with Gasteiger partial charge in [0.15, 0.2) is 18.7 Å². The van der Waals surface area contributed by atoms with E-state index < -0.39 is 132 Å². The molecule has 3 saturated heterocycles.